The van der Waals surface area contributed by atoms with Crippen molar-refractivity contribution in [3.05, 3.63) is 98.4 Å². The van der Waals surface area contributed by atoms with E-state index in [0.717, 1.165) is 0 Å². The van der Waals surface area contributed by atoms with E-state index in [-0.39, 0.29) is 16.2 Å². The first-order chi connectivity index (χ1) is 18.5. The van der Waals surface area contributed by atoms with E-state index in [2.05, 4.69) is 20.3 Å². The minimum atomic E-state index is -1.43. The summed E-state index contributed by atoms with van der Waals surface area (Å²) in [5.41, 5.74) is 0.881. The van der Waals surface area contributed by atoms with Gasteiger partial charge in [-0.05, 0) is 25.1 Å². The second kappa shape index (κ2) is 9.79. The summed E-state index contributed by atoms with van der Waals surface area (Å²) < 4.78 is 20.1. The van der Waals surface area contributed by atoms with Crippen LogP contribution in [-0.4, -0.2) is 42.2 Å². The number of rotatable bonds is 6. The Kier molecular flexibility index (Phi) is 6.30. The monoisotopic (exact) mass is 547 g/mol. The molecule has 2 aromatic carbocycles. The molecule has 1 saturated heterocycles. The van der Waals surface area contributed by atoms with Crippen LogP contribution in [-0.2, 0) is 15.5 Å². The average molecular weight is 548 g/mol. The summed E-state index contributed by atoms with van der Waals surface area (Å²) in [6, 6.07) is 15.2. The number of aromatic amines is 1. The number of ether oxygens (including phenoxy) is 1. The molecule has 38 heavy (non-hydrogen) atoms. The van der Waals surface area contributed by atoms with Gasteiger partial charge >= 0.3 is 0 Å². The van der Waals surface area contributed by atoms with Crippen LogP contribution in [0.1, 0.15) is 18.7 Å². The number of H-pyrrole nitrogens is 1. The Hall–Kier alpha value is -3.86. The maximum absolute atomic E-state index is 14.2. The van der Waals surface area contributed by atoms with Crippen molar-refractivity contribution in [3.8, 4) is 5.69 Å². The smallest absolute Gasteiger partial charge is 0.264 e. The summed E-state index contributed by atoms with van der Waals surface area (Å²) >= 11 is 7.06. The van der Waals surface area contributed by atoms with Crippen LogP contribution in [0.25, 0.3) is 27.5 Å². The van der Waals surface area contributed by atoms with Crippen LogP contribution in [0, 0.1) is 0 Å². The van der Waals surface area contributed by atoms with Gasteiger partial charge in [0.2, 0.25) is 0 Å². The van der Waals surface area contributed by atoms with Crippen molar-refractivity contribution in [2.45, 2.75) is 23.1 Å². The predicted molar refractivity (Wildman–Crippen MR) is 148 cm³/mol. The summed E-state index contributed by atoms with van der Waals surface area (Å²) in [6.07, 6.45) is 2.88. The average Bonchev–Trinajstić information content (AvgIpc) is 2.89. The Balaban J connectivity index is 1.59. The van der Waals surface area contributed by atoms with Crippen LogP contribution in [0.3, 0.4) is 0 Å². The van der Waals surface area contributed by atoms with Gasteiger partial charge in [-0.25, -0.2) is 9.97 Å². The number of hydrogen-bond acceptors (Lipinski definition) is 7. The first-order valence-corrected chi connectivity index (χ1v) is 13.5. The molecule has 3 aromatic heterocycles. The van der Waals surface area contributed by atoms with E-state index >= 15 is 0 Å². The molecule has 11 heteroatoms. The molecule has 2 atom stereocenters. The Morgan fingerprint density at radius 3 is 2.61 bits per heavy atom. The van der Waals surface area contributed by atoms with Gasteiger partial charge in [-0.15, -0.1) is 0 Å². The van der Waals surface area contributed by atoms with E-state index in [9.17, 15) is 13.8 Å². The minimum absolute atomic E-state index is 0.173. The minimum Gasteiger partial charge on any atom is -0.379 e. The Morgan fingerprint density at radius 2 is 1.87 bits per heavy atom. The maximum atomic E-state index is 14.2. The zero-order valence-corrected chi connectivity index (χ0v) is 21.8. The molecule has 2 N–H and O–H groups in total. The van der Waals surface area contributed by atoms with Crippen LogP contribution in [0.2, 0.25) is 5.02 Å². The number of pyridine rings is 2. The van der Waals surface area contributed by atoms with Crippen LogP contribution < -0.4 is 16.3 Å². The molecular weight excluding hydrogens is 526 g/mol. The van der Waals surface area contributed by atoms with Gasteiger partial charge in [-0.1, -0.05) is 41.9 Å². The number of para-hydroxylation sites is 1. The highest BCUT2D eigenvalue weighted by Gasteiger charge is 2.30. The Morgan fingerprint density at radius 1 is 1.08 bits per heavy atom. The molecule has 0 aliphatic carbocycles. The van der Waals surface area contributed by atoms with Gasteiger partial charge in [0.05, 0.1) is 56.3 Å². The SMILES string of the molecule is C[C@H](Nc1ncnc2[nH]ccc(=O)c12)c1c(Cl)c2cccc(S(=O)C3COC3)c2c(=O)n1-c1ccccc1. The zero-order chi connectivity index (χ0) is 26.4. The van der Waals surface area contributed by atoms with Gasteiger partial charge in [0, 0.05) is 23.3 Å². The Labute approximate surface area is 223 Å². The predicted octanol–water partition coefficient (Wildman–Crippen LogP) is 3.96. The number of hydrogen-bond donors (Lipinski definition) is 2. The summed E-state index contributed by atoms with van der Waals surface area (Å²) in [7, 11) is -1.43. The molecule has 6 rings (SSSR count). The highest BCUT2D eigenvalue weighted by atomic mass is 35.5. The van der Waals surface area contributed by atoms with Crippen molar-refractivity contribution in [1.82, 2.24) is 19.5 Å². The third-order valence-electron chi connectivity index (χ3n) is 6.60. The summed E-state index contributed by atoms with van der Waals surface area (Å²) in [4.78, 5) is 38.7. The fourth-order valence-electron chi connectivity index (χ4n) is 4.68. The number of halogens is 1. The van der Waals surface area contributed by atoms with Gasteiger partial charge in [0.15, 0.2) is 5.43 Å². The zero-order valence-electron chi connectivity index (χ0n) is 20.2. The lowest BCUT2D eigenvalue weighted by Gasteiger charge is -2.26. The molecule has 0 bridgehead atoms. The van der Waals surface area contributed by atoms with Crippen molar-refractivity contribution in [1.29, 1.82) is 0 Å². The molecule has 0 saturated carbocycles. The quantitative estimate of drug-likeness (QED) is 0.330. The topological polar surface area (TPSA) is 119 Å². The number of nitrogens with zero attached hydrogens (tertiary/aromatic N) is 3. The fraction of sp³-hybridized carbons (Fsp3) is 0.185. The van der Waals surface area contributed by atoms with E-state index in [1.807, 2.05) is 37.3 Å². The second-order valence-electron chi connectivity index (χ2n) is 8.96. The van der Waals surface area contributed by atoms with Gasteiger partial charge < -0.3 is 15.0 Å². The molecule has 4 heterocycles. The molecule has 5 aromatic rings. The molecule has 0 radical (unpaired) electrons. The standard InChI is InChI=1S/C27H22ClN5O4S/c1-15(32-26-22-19(34)10-11-29-25(22)30-14-31-26)24-23(28)18-8-5-9-20(38(36)17-12-37-13-17)21(18)27(35)33(24)16-6-3-2-4-7-16/h2-11,14-15,17H,12-13H2,1H3,(H2,29,30,31,32,34)/t15-,38?/m0/s1. The van der Waals surface area contributed by atoms with E-state index in [4.69, 9.17) is 16.3 Å². The van der Waals surface area contributed by atoms with E-state index in [0.29, 0.717) is 62.1 Å². The maximum Gasteiger partial charge on any atom is 0.264 e. The normalized spacial score (nSPS) is 15.3. The van der Waals surface area contributed by atoms with Gasteiger partial charge in [0.1, 0.15) is 23.2 Å². The second-order valence-corrected chi connectivity index (χ2v) is 11.0. The van der Waals surface area contributed by atoms with Crippen molar-refractivity contribution < 1.29 is 8.95 Å². The molecule has 0 amide bonds. The first kappa shape index (κ1) is 24.5. The van der Waals surface area contributed by atoms with Crippen molar-refractivity contribution in [2.75, 3.05) is 18.5 Å². The molecule has 1 unspecified atom stereocenters. The van der Waals surface area contributed by atoms with Crippen molar-refractivity contribution in [2.24, 2.45) is 0 Å². The highest BCUT2D eigenvalue weighted by molar-refractivity contribution is 7.86. The third-order valence-corrected chi connectivity index (χ3v) is 8.65. The number of anilines is 1. The van der Waals surface area contributed by atoms with E-state index < -0.39 is 16.8 Å². The number of benzene rings is 2. The molecule has 192 valence electrons. The molecule has 1 aliphatic rings. The summed E-state index contributed by atoms with van der Waals surface area (Å²) in [6.45, 7) is 2.61. The fourth-order valence-corrected chi connectivity index (χ4v) is 6.50. The molecule has 1 aliphatic heterocycles. The van der Waals surface area contributed by atoms with Gasteiger partial charge in [-0.3, -0.25) is 18.4 Å². The summed E-state index contributed by atoms with van der Waals surface area (Å²) in [5.74, 6) is 0.312. The lowest BCUT2D eigenvalue weighted by atomic mass is 10.1. The third kappa shape index (κ3) is 4.01. The number of nitrogens with one attached hydrogen (secondary N) is 2. The van der Waals surface area contributed by atoms with Crippen molar-refractivity contribution >= 4 is 50.0 Å². The lowest BCUT2D eigenvalue weighted by molar-refractivity contribution is 0.0435. The van der Waals surface area contributed by atoms with E-state index in [1.165, 1.54) is 23.2 Å². The van der Waals surface area contributed by atoms with Gasteiger partial charge in [-0.2, -0.15) is 0 Å². The first-order valence-electron chi connectivity index (χ1n) is 12.0. The molecule has 9 nitrogen and oxygen atoms in total. The van der Waals surface area contributed by atoms with Crippen LogP contribution in [0.5, 0.6) is 0 Å². The highest BCUT2D eigenvalue weighted by Crippen LogP contribution is 2.35. The number of fused-ring (bicyclic) bond motifs is 2. The van der Waals surface area contributed by atoms with Crippen LogP contribution in [0.4, 0.5) is 5.82 Å². The van der Waals surface area contributed by atoms with Gasteiger partial charge in [0.25, 0.3) is 5.56 Å². The van der Waals surface area contributed by atoms with Crippen LogP contribution >= 0.6 is 11.6 Å². The molecule has 0 spiro atoms. The molecular formula is C27H22ClN5O4S. The van der Waals surface area contributed by atoms with E-state index in [1.54, 1.807) is 18.2 Å². The molecule has 1 fully saturated rings. The lowest BCUT2D eigenvalue weighted by Crippen LogP contribution is -2.38. The van der Waals surface area contributed by atoms with Crippen molar-refractivity contribution in [3.63, 3.8) is 0 Å². The number of aromatic nitrogens is 4. The Bertz CT molecular complexity index is 1830. The van der Waals surface area contributed by atoms with Crippen LogP contribution in [0.15, 0.2) is 81.6 Å². The summed E-state index contributed by atoms with van der Waals surface area (Å²) in [5, 5.41) is 4.54. The largest absolute Gasteiger partial charge is 0.379 e.